The number of amides is 1. The Bertz CT molecular complexity index is 1320. The highest BCUT2D eigenvalue weighted by atomic mass is 19.4. The van der Waals surface area contributed by atoms with E-state index in [-0.39, 0.29) is 17.4 Å². The summed E-state index contributed by atoms with van der Waals surface area (Å²) in [6, 6.07) is 13.1. The van der Waals surface area contributed by atoms with Crippen LogP contribution in [0.1, 0.15) is 48.5 Å². The Morgan fingerprint density at radius 3 is 2.65 bits per heavy atom. The Kier molecular flexibility index (Phi) is 5.74. The van der Waals surface area contributed by atoms with Crippen LogP contribution in [0, 0.1) is 5.92 Å². The van der Waals surface area contributed by atoms with Crippen molar-refractivity contribution < 1.29 is 18.0 Å². The van der Waals surface area contributed by atoms with Gasteiger partial charge in [-0.05, 0) is 55.8 Å². The lowest BCUT2D eigenvalue weighted by Gasteiger charge is -2.24. The van der Waals surface area contributed by atoms with Gasteiger partial charge in [-0.2, -0.15) is 18.3 Å². The summed E-state index contributed by atoms with van der Waals surface area (Å²) in [7, 11) is 0. The van der Waals surface area contributed by atoms with Crippen LogP contribution >= 0.6 is 0 Å². The normalized spacial score (nSPS) is 22.4. The van der Waals surface area contributed by atoms with Crippen LogP contribution in [0.25, 0.3) is 11.3 Å². The molecule has 37 heavy (non-hydrogen) atoms. The second kappa shape index (κ2) is 8.86. The molecule has 1 unspecified atom stereocenters. The number of nitrogens with one attached hydrogen (secondary N) is 1. The van der Waals surface area contributed by atoms with E-state index in [1.165, 1.54) is 6.20 Å². The average Bonchev–Trinajstić information content (AvgIpc) is 3.35. The number of anilines is 1. The van der Waals surface area contributed by atoms with Crippen LogP contribution in [-0.4, -0.2) is 45.2 Å². The number of likely N-dealkylation sites (tertiary alicyclic amines) is 1. The second-order valence-corrected chi connectivity index (χ2v) is 10.6. The third-order valence-electron chi connectivity index (χ3n) is 8.01. The third-order valence-corrected chi connectivity index (χ3v) is 8.01. The van der Waals surface area contributed by atoms with Crippen LogP contribution in [0.2, 0.25) is 0 Å². The summed E-state index contributed by atoms with van der Waals surface area (Å²) in [6.07, 6.45) is 0.798. The minimum atomic E-state index is -4.58. The lowest BCUT2D eigenvalue weighted by atomic mass is 9.82. The van der Waals surface area contributed by atoms with E-state index in [0.29, 0.717) is 30.3 Å². The van der Waals surface area contributed by atoms with Crippen molar-refractivity contribution in [1.82, 2.24) is 25.0 Å². The summed E-state index contributed by atoms with van der Waals surface area (Å²) in [5.41, 5.74) is 7.26. The summed E-state index contributed by atoms with van der Waals surface area (Å²) in [6.45, 7) is 2.53. The number of nitrogens with two attached hydrogens (primary N) is 1. The molecule has 7 nitrogen and oxygen atoms in total. The van der Waals surface area contributed by atoms with E-state index >= 15 is 0 Å². The van der Waals surface area contributed by atoms with Crippen LogP contribution < -0.4 is 11.1 Å². The molecular weight excluding hydrogens is 481 g/mol. The van der Waals surface area contributed by atoms with Gasteiger partial charge in [-0.3, -0.25) is 14.4 Å². The minimum absolute atomic E-state index is 0.0256. The molecule has 3 aromatic rings. The Morgan fingerprint density at radius 1 is 1.16 bits per heavy atom. The molecular formula is C27H29F3N6O. The molecule has 2 aromatic heterocycles. The number of alkyl halides is 3. The lowest BCUT2D eigenvalue weighted by Crippen LogP contribution is -2.39. The third kappa shape index (κ3) is 4.58. The highest BCUT2D eigenvalue weighted by Gasteiger charge is 2.46. The number of hydrogen-bond acceptors (Lipinski definition) is 5. The second-order valence-electron chi connectivity index (χ2n) is 10.6. The SMILES string of the molecule is Nc1ncc(-c2cc3n(n2)CC[C@@]32CCN(CC(=O)NC(c3ccccc3)C3CC3)C2)cc1C(F)(F)F. The first kappa shape index (κ1) is 24.0. The van der Waals surface area contributed by atoms with Gasteiger partial charge in [-0.25, -0.2) is 4.98 Å². The number of nitrogens with zero attached hydrogens (tertiary/aromatic N) is 4. The van der Waals surface area contributed by atoms with Gasteiger partial charge in [0.05, 0.1) is 23.8 Å². The van der Waals surface area contributed by atoms with Gasteiger partial charge in [-0.15, -0.1) is 0 Å². The quantitative estimate of drug-likeness (QED) is 0.520. The van der Waals surface area contributed by atoms with Crippen molar-refractivity contribution in [2.75, 3.05) is 25.4 Å². The van der Waals surface area contributed by atoms with E-state index in [4.69, 9.17) is 5.73 Å². The molecule has 1 aromatic carbocycles. The standard InChI is InChI=1S/C27H29F3N6O/c28-27(29,30)20-12-19(14-32-25(20)31)21-13-22-26(9-11-36(22)34-21)8-10-35(16-26)15-23(37)33-24(18-6-7-18)17-4-2-1-3-5-17/h1-5,12-14,18,24H,6-11,15-16H2,(H2,31,32)(H,33,37)/t24?,26-/m1/s1. The molecule has 1 amide bonds. The maximum absolute atomic E-state index is 13.3. The highest BCUT2D eigenvalue weighted by molar-refractivity contribution is 5.78. The highest BCUT2D eigenvalue weighted by Crippen LogP contribution is 2.44. The van der Waals surface area contributed by atoms with E-state index in [1.807, 2.05) is 28.9 Å². The van der Waals surface area contributed by atoms with Gasteiger partial charge in [-0.1, -0.05) is 30.3 Å². The smallest absolute Gasteiger partial charge is 0.383 e. The zero-order valence-electron chi connectivity index (χ0n) is 20.3. The minimum Gasteiger partial charge on any atom is -0.383 e. The molecule has 0 bridgehead atoms. The fourth-order valence-corrected chi connectivity index (χ4v) is 5.94. The lowest BCUT2D eigenvalue weighted by molar-refractivity contribution is -0.137. The van der Waals surface area contributed by atoms with Gasteiger partial charge < -0.3 is 11.1 Å². The molecule has 0 radical (unpaired) electrons. The van der Waals surface area contributed by atoms with Gasteiger partial charge >= 0.3 is 6.18 Å². The molecule has 3 aliphatic rings. The number of hydrogen-bond donors (Lipinski definition) is 2. The van der Waals surface area contributed by atoms with Gasteiger partial charge in [0, 0.05) is 36.0 Å². The summed E-state index contributed by atoms with van der Waals surface area (Å²) < 4.78 is 41.9. The van der Waals surface area contributed by atoms with E-state index in [0.717, 1.165) is 56.1 Å². The number of aromatic nitrogens is 3. The summed E-state index contributed by atoms with van der Waals surface area (Å²) in [5, 5.41) is 7.85. The maximum atomic E-state index is 13.3. The fraction of sp³-hybridized carbons (Fsp3) is 0.444. The Labute approximate surface area is 212 Å². The molecule has 4 heterocycles. The first-order valence-corrected chi connectivity index (χ1v) is 12.7. The largest absolute Gasteiger partial charge is 0.419 e. The fourth-order valence-electron chi connectivity index (χ4n) is 5.94. The Morgan fingerprint density at radius 2 is 1.92 bits per heavy atom. The molecule has 3 N–H and O–H groups in total. The van der Waals surface area contributed by atoms with Crippen LogP contribution in [-0.2, 0) is 22.9 Å². The number of rotatable bonds is 6. The number of pyridine rings is 1. The van der Waals surface area contributed by atoms with E-state index in [2.05, 4.69) is 32.4 Å². The molecule has 2 aliphatic heterocycles. The van der Waals surface area contributed by atoms with Crippen molar-refractivity contribution in [3.8, 4) is 11.3 Å². The average molecular weight is 511 g/mol. The number of carbonyl (C=O) groups is 1. The van der Waals surface area contributed by atoms with E-state index in [1.54, 1.807) is 0 Å². The molecule has 1 saturated carbocycles. The van der Waals surface area contributed by atoms with Crippen LogP contribution in [0.15, 0.2) is 48.7 Å². The molecule has 1 saturated heterocycles. The zero-order chi connectivity index (χ0) is 25.8. The molecule has 2 atom stereocenters. The first-order valence-electron chi connectivity index (χ1n) is 12.7. The monoisotopic (exact) mass is 510 g/mol. The number of benzene rings is 1. The van der Waals surface area contributed by atoms with Gasteiger partial charge in [0.15, 0.2) is 0 Å². The van der Waals surface area contributed by atoms with Crippen molar-refractivity contribution in [2.45, 2.75) is 49.9 Å². The Hall–Kier alpha value is -3.40. The predicted octanol–water partition coefficient (Wildman–Crippen LogP) is 4.16. The van der Waals surface area contributed by atoms with Crippen LogP contribution in [0.5, 0.6) is 0 Å². The van der Waals surface area contributed by atoms with Gasteiger partial charge in [0.25, 0.3) is 0 Å². The van der Waals surface area contributed by atoms with Crippen molar-refractivity contribution in [1.29, 1.82) is 0 Å². The summed E-state index contributed by atoms with van der Waals surface area (Å²) in [4.78, 5) is 19.0. The van der Waals surface area contributed by atoms with Crippen molar-refractivity contribution in [3.05, 3.63) is 65.5 Å². The number of fused-ring (bicyclic) bond motifs is 2. The van der Waals surface area contributed by atoms with Crippen molar-refractivity contribution in [2.24, 2.45) is 5.92 Å². The molecule has 6 rings (SSSR count). The number of aryl methyl sites for hydroxylation is 1. The zero-order valence-corrected chi connectivity index (χ0v) is 20.3. The molecule has 1 aliphatic carbocycles. The molecule has 194 valence electrons. The first-order chi connectivity index (χ1) is 17.7. The molecule has 2 fully saturated rings. The van der Waals surface area contributed by atoms with Gasteiger partial charge in [0.1, 0.15) is 5.82 Å². The van der Waals surface area contributed by atoms with Crippen molar-refractivity contribution >= 4 is 11.7 Å². The maximum Gasteiger partial charge on any atom is 0.419 e. The van der Waals surface area contributed by atoms with E-state index < -0.39 is 17.6 Å². The Balaban J connectivity index is 1.15. The summed E-state index contributed by atoms with van der Waals surface area (Å²) >= 11 is 0. The topological polar surface area (TPSA) is 89.1 Å². The van der Waals surface area contributed by atoms with Crippen LogP contribution in [0.3, 0.4) is 0 Å². The molecule has 1 spiro atoms. The number of halogens is 3. The predicted molar refractivity (Wildman–Crippen MR) is 132 cm³/mol. The number of nitrogen functional groups attached to an aromatic ring is 1. The number of carbonyl (C=O) groups excluding carboxylic acids is 1. The van der Waals surface area contributed by atoms with Gasteiger partial charge in [0.2, 0.25) is 5.91 Å². The van der Waals surface area contributed by atoms with Crippen molar-refractivity contribution in [3.63, 3.8) is 0 Å². The van der Waals surface area contributed by atoms with E-state index in [9.17, 15) is 18.0 Å². The van der Waals surface area contributed by atoms with Crippen LogP contribution in [0.4, 0.5) is 19.0 Å². The molecule has 10 heteroatoms. The summed E-state index contributed by atoms with van der Waals surface area (Å²) in [5.74, 6) is -0.0161.